The number of amides is 1. The molecule has 0 saturated carbocycles. The number of carbonyl (C=O) groups is 1. The van der Waals surface area contributed by atoms with Gasteiger partial charge in [0.25, 0.3) is 5.91 Å². The van der Waals surface area contributed by atoms with Gasteiger partial charge in [0.15, 0.2) is 5.69 Å². The molecule has 1 amide bonds. The number of nitrogens with one attached hydrogen (secondary N) is 2. The van der Waals surface area contributed by atoms with Gasteiger partial charge in [-0.25, -0.2) is 9.97 Å². The molecule has 1 atom stereocenters. The van der Waals surface area contributed by atoms with Crippen LogP contribution in [0.5, 0.6) is 0 Å². The first-order valence-electron chi connectivity index (χ1n) is 7.88. The van der Waals surface area contributed by atoms with Crippen molar-refractivity contribution in [2.45, 2.75) is 53.4 Å². The Kier molecular flexibility index (Phi) is 7.12. The van der Waals surface area contributed by atoms with Gasteiger partial charge in [0.1, 0.15) is 5.82 Å². The zero-order valence-corrected chi connectivity index (χ0v) is 13.9. The summed E-state index contributed by atoms with van der Waals surface area (Å²) in [5, 5.41) is 6.19. The second-order valence-corrected chi connectivity index (χ2v) is 5.80. The molecule has 5 nitrogen and oxygen atoms in total. The highest BCUT2D eigenvalue weighted by atomic mass is 16.1. The molecule has 0 fully saturated rings. The van der Waals surface area contributed by atoms with E-state index in [1.54, 1.807) is 6.20 Å². The van der Waals surface area contributed by atoms with Crippen LogP contribution in [0.15, 0.2) is 6.20 Å². The Morgan fingerprint density at radius 2 is 2.00 bits per heavy atom. The van der Waals surface area contributed by atoms with Crippen molar-refractivity contribution in [2.24, 2.45) is 5.92 Å². The van der Waals surface area contributed by atoms with Gasteiger partial charge in [-0.1, -0.05) is 41.0 Å². The second kappa shape index (κ2) is 8.60. The van der Waals surface area contributed by atoms with Crippen molar-refractivity contribution < 1.29 is 4.79 Å². The molecule has 1 aromatic rings. The van der Waals surface area contributed by atoms with E-state index in [0.29, 0.717) is 29.7 Å². The molecule has 1 heterocycles. The van der Waals surface area contributed by atoms with E-state index >= 15 is 0 Å². The summed E-state index contributed by atoms with van der Waals surface area (Å²) in [5.41, 5.74) is 1.16. The zero-order chi connectivity index (χ0) is 15.8. The third-order valence-electron chi connectivity index (χ3n) is 3.41. The second-order valence-electron chi connectivity index (χ2n) is 5.80. The van der Waals surface area contributed by atoms with E-state index in [1.807, 2.05) is 13.8 Å². The van der Waals surface area contributed by atoms with Gasteiger partial charge in [0.2, 0.25) is 0 Å². The van der Waals surface area contributed by atoms with Crippen molar-refractivity contribution in [3.63, 3.8) is 0 Å². The summed E-state index contributed by atoms with van der Waals surface area (Å²) >= 11 is 0. The first-order valence-corrected chi connectivity index (χ1v) is 7.88. The Balaban J connectivity index is 2.93. The summed E-state index contributed by atoms with van der Waals surface area (Å²) in [6, 6.07) is 0. The van der Waals surface area contributed by atoms with E-state index in [0.717, 1.165) is 19.4 Å². The highest BCUT2D eigenvalue weighted by Gasteiger charge is 2.16. The molecule has 0 aromatic carbocycles. The first kappa shape index (κ1) is 17.4. The van der Waals surface area contributed by atoms with Crippen molar-refractivity contribution in [2.75, 3.05) is 18.4 Å². The third-order valence-corrected chi connectivity index (χ3v) is 3.41. The Hall–Kier alpha value is -1.65. The van der Waals surface area contributed by atoms with Crippen LogP contribution < -0.4 is 10.6 Å². The van der Waals surface area contributed by atoms with Crippen LogP contribution in [0.25, 0.3) is 0 Å². The third kappa shape index (κ3) is 5.33. The summed E-state index contributed by atoms with van der Waals surface area (Å²) in [4.78, 5) is 21.2. The van der Waals surface area contributed by atoms with Crippen molar-refractivity contribution in [3.8, 4) is 0 Å². The summed E-state index contributed by atoms with van der Waals surface area (Å²) < 4.78 is 0. The van der Waals surface area contributed by atoms with E-state index < -0.39 is 0 Å². The van der Waals surface area contributed by atoms with Crippen LogP contribution in [0.3, 0.4) is 0 Å². The standard InChI is InChI=1S/C16H28N4O/c1-6-8-17-13-10-18-15(11(3)4)20-14(13)16(21)19-9-12(5)7-2/h10-12,17H,6-9H2,1-5H3,(H,19,21). The topological polar surface area (TPSA) is 66.9 Å². The number of carbonyl (C=O) groups excluding carboxylic acids is 1. The Morgan fingerprint density at radius 3 is 2.57 bits per heavy atom. The van der Waals surface area contributed by atoms with Gasteiger partial charge in [0, 0.05) is 19.0 Å². The van der Waals surface area contributed by atoms with Crippen LogP contribution in [0.1, 0.15) is 69.7 Å². The average molecular weight is 292 g/mol. The molecule has 21 heavy (non-hydrogen) atoms. The molecule has 0 aliphatic heterocycles. The molecule has 1 aromatic heterocycles. The Labute approximate surface area is 128 Å². The van der Waals surface area contributed by atoms with Gasteiger partial charge < -0.3 is 10.6 Å². The molecule has 1 rings (SSSR count). The molecule has 2 N–H and O–H groups in total. The molecular formula is C16H28N4O. The van der Waals surface area contributed by atoms with Crippen molar-refractivity contribution >= 4 is 11.6 Å². The normalized spacial score (nSPS) is 12.3. The Morgan fingerprint density at radius 1 is 1.29 bits per heavy atom. The largest absolute Gasteiger partial charge is 0.382 e. The van der Waals surface area contributed by atoms with Crippen LogP contribution in [0.2, 0.25) is 0 Å². The summed E-state index contributed by atoms with van der Waals surface area (Å²) in [6.07, 6.45) is 3.75. The number of hydrogen-bond donors (Lipinski definition) is 2. The SMILES string of the molecule is CCCNc1cnc(C(C)C)nc1C(=O)NCC(C)CC. The molecule has 0 aliphatic carbocycles. The summed E-state index contributed by atoms with van der Waals surface area (Å²) in [5.74, 6) is 1.24. The van der Waals surface area contributed by atoms with Crippen molar-refractivity contribution in [1.82, 2.24) is 15.3 Å². The fraction of sp³-hybridized carbons (Fsp3) is 0.688. The fourth-order valence-corrected chi connectivity index (χ4v) is 1.73. The molecule has 0 aliphatic rings. The average Bonchev–Trinajstić information content (AvgIpc) is 2.49. The van der Waals surface area contributed by atoms with Gasteiger partial charge in [0.05, 0.1) is 11.9 Å². The van der Waals surface area contributed by atoms with E-state index in [9.17, 15) is 4.79 Å². The Bertz CT molecular complexity index is 460. The smallest absolute Gasteiger partial charge is 0.272 e. The van der Waals surface area contributed by atoms with Gasteiger partial charge in [-0.05, 0) is 12.3 Å². The molecule has 0 radical (unpaired) electrons. The molecule has 0 spiro atoms. The highest BCUT2D eigenvalue weighted by Crippen LogP contribution is 2.16. The van der Waals surface area contributed by atoms with E-state index in [4.69, 9.17) is 0 Å². The lowest BCUT2D eigenvalue weighted by Gasteiger charge is -2.14. The number of nitrogens with zero attached hydrogens (tertiary/aromatic N) is 2. The van der Waals surface area contributed by atoms with E-state index in [1.165, 1.54) is 0 Å². The van der Waals surface area contributed by atoms with Crippen LogP contribution >= 0.6 is 0 Å². The number of aromatic nitrogens is 2. The minimum atomic E-state index is -0.127. The van der Waals surface area contributed by atoms with Crippen LogP contribution in [-0.4, -0.2) is 29.0 Å². The number of rotatable bonds is 8. The lowest BCUT2D eigenvalue weighted by Crippen LogP contribution is -2.30. The lowest BCUT2D eigenvalue weighted by atomic mass is 10.1. The fourth-order valence-electron chi connectivity index (χ4n) is 1.73. The van der Waals surface area contributed by atoms with Crippen LogP contribution in [0, 0.1) is 5.92 Å². The number of anilines is 1. The first-order chi connectivity index (χ1) is 9.99. The number of hydrogen-bond acceptors (Lipinski definition) is 4. The predicted octanol–water partition coefficient (Wildman–Crippen LogP) is 3.20. The zero-order valence-electron chi connectivity index (χ0n) is 13.9. The van der Waals surface area contributed by atoms with Crippen LogP contribution in [-0.2, 0) is 0 Å². The predicted molar refractivity (Wildman–Crippen MR) is 86.7 cm³/mol. The maximum Gasteiger partial charge on any atom is 0.272 e. The molecule has 0 saturated heterocycles. The summed E-state index contributed by atoms with van der Waals surface area (Å²) in [7, 11) is 0. The molecule has 0 bridgehead atoms. The quantitative estimate of drug-likeness (QED) is 0.772. The lowest BCUT2D eigenvalue weighted by molar-refractivity contribution is 0.0943. The van der Waals surface area contributed by atoms with Crippen molar-refractivity contribution in [3.05, 3.63) is 17.7 Å². The molecule has 5 heteroatoms. The molecule has 118 valence electrons. The molecule has 1 unspecified atom stereocenters. The summed E-state index contributed by atoms with van der Waals surface area (Å²) in [6.45, 7) is 11.8. The monoisotopic (exact) mass is 292 g/mol. The van der Waals surface area contributed by atoms with E-state index in [-0.39, 0.29) is 11.8 Å². The van der Waals surface area contributed by atoms with Gasteiger partial charge in [-0.3, -0.25) is 4.79 Å². The van der Waals surface area contributed by atoms with Crippen molar-refractivity contribution in [1.29, 1.82) is 0 Å². The maximum absolute atomic E-state index is 12.4. The molecular weight excluding hydrogens is 264 g/mol. The van der Waals surface area contributed by atoms with Crippen LogP contribution in [0.4, 0.5) is 5.69 Å². The van der Waals surface area contributed by atoms with Gasteiger partial charge >= 0.3 is 0 Å². The maximum atomic E-state index is 12.4. The minimum Gasteiger partial charge on any atom is -0.382 e. The highest BCUT2D eigenvalue weighted by molar-refractivity contribution is 5.97. The van der Waals surface area contributed by atoms with Gasteiger partial charge in [-0.15, -0.1) is 0 Å². The minimum absolute atomic E-state index is 0.127. The van der Waals surface area contributed by atoms with E-state index in [2.05, 4.69) is 41.4 Å². The van der Waals surface area contributed by atoms with Gasteiger partial charge in [-0.2, -0.15) is 0 Å².